The molecule has 1 saturated heterocycles. The highest BCUT2D eigenvalue weighted by Crippen LogP contribution is 2.32. The zero-order valence-electron chi connectivity index (χ0n) is 17.9. The first-order valence-electron chi connectivity index (χ1n) is 10.5. The Morgan fingerprint density at radius 3 is 2.53 bits per heavy atom. The Morgan fingerprint density at radius 2 is 1.80 bits per heavy atom. The van der Waals surface area contributed by atoms with Crippen molar-refractivity contribution in [1.82, 2.24) is 19.9 Å². The number of para-hydroxylation sites is 1. The predicted octanol–water partition coefficient (Wildman–Crippen LogP) is 4.41. The van der Waals surface area contributed by atoms with Crippen LogP contribution in [0.4, 0.5) is 5.82 Å². The number of aryl methyl sites for hydroxylation is 1. The molecule has 0 radical (unpaired) electrons. The summed E-state index contributed by atoms with van der Waals surface area (Å²) in [6.45, 7) is 7.04. The van der Waals surface area contributed by atoms with E-state index in [1.807, 2.05) is 37.3 Å². The van der Waals surface area contributed by atoms with Crippen molar-refractivity contribution in [2.24, 2.45) is 0 Å². The zero-order valence-corrected chi connectivity index (χ0v) is 17.9. The van der Waals surface area contributed by atoms with Crippen molar-refractivity contribution in [3.05, 3.63) is 65.5 Å². The Kier molecular flexibility index (Phi) is 6.23. The number of hydrogen-bond donors (Lipinski definition) is 1. The number of likely N-dealkylation sites (tertiary alicyclic amines) is 1. The van der Waals surface area contributed by atoms with Gasteiger partial charge in [0.05, 0.1) is 13.2 Å². The lowest BCUT2D eigenvalue weighted by Gasteiger charge is -2.29. The second kappa shape index (κ2) is 9.22. The molecule has 3 heterocycles. The first-order chi connectivity index (χ1) is 14.7. The fourth-order valence-corrected chi connectivity index (χ4v) is 4.03. The topological polar surface area (TPSA) is 63.2 Å². The van der Waals surface area contributed by atoms with E-state index in [4.69, 9.17) is 9.72 Å². The molecule has 6 nitrogen and oxygen atoms in total. The second-order valence-electron chi connectivity index (χ2n) is 7.70. The van der Waals surface area contributed by atoms with Crippen molar-refractivity contribution < 1.29 is 4.74 Å². The number of pyridine rings is 1. The zero-order chi connectivity index (χ0) is 20.9. The fourth-order valence-electron chi connectivity index (χ4n) is 4.03. The smallest absolute Gasteiger partial charge is 0.180 e. The molecule has 0 spiro atoms. The fraction of sp³-hybridized carbons (Fsp3) is 0.375. The van der Waals surface area contributed by atoms with E-state index in [-0.39, 0.29) is 6.04 Å². The molecule has 0 bridgehead atoms. The Balaban J connectivity index is 1.63. The molecular formula is C24H29N5O. The summed E-state index contributed by atoms with van der Waals surface area (Å²) < 4.78 is 5.67. The molecule has 6 heteroatoms. The van der Waals surface area contributed by atoms with Crippen molar-refractivity contribution in [3.8, 4) is 17.3 Å². The molecule has 1 aliphatic heterocycles. The molecule has 156 valence electrons. The summed E-state index contributed by atoms with van der Waals surface area (Å²) in [7, 11) is 1.74. The van der Waals surface area contributed by atoms with Crippen LogP contribution in [-0.4, -0.2) is 46.6 Å². The van der Waals surface area contributed by atoms with Gasteiger partial charge < -0.3 is 10.1 Å². The van der Waals surface area contributed by atoms with E-state index in [2.05, 4.69) is 39.2 Å². The number of benzene rings is 1. The average Bonchev–Trinajstić information content (AvgIpc) is 3.32. The number of methoxy groups -OCH3 is 1. The maximum atomic E-state index is 5.67. The van der Waals surface area contributed by atoms with Gasteiger partial charge in [-0.05, 0) is 58.0 Å². The van der Waals surface area contributed by atoms with Gasteiger partial charge in [0.15, 0.2) is 5.82 Å². The largest absolute Gasteiger partial charge is 0.496 e. The van der Waals surface area contributed by atoms with E-state index in [0.29, 0.717) is 5.82 Å². The highest BCUT2D eigenvalue weighted by Gasteiger charge is 2.26. The van der Waals surface area contributed by atoms with Gasteiger partial charge in [0.2, 0.25) is 0 Å². The van der Waals surface area contributed by atoms with Gasteiger partial charge in [-0.3, -0.25) is 9.88 Å². The van der Waals surface area contributed by atoms with E-state index in [1.54, 1.807) is 13.3 Å². The van der Waals surface area contributed by atoms with Crippen molar-refractivity contribution in [1.29, 1.82) is 0 Å². The lowest BCUT2D eigenvalue weighted by atomic mass is 10.0. The first kappa shape index (κ1) is 20.3. The monoisotopic (exact) mass is 403 g/mol. The Labute approximate surface area is 178 Å². The summed E-state index contributed by atoms with van der Waals surface area (Å²) >= 11 is 0. The standard InChI is InChI=1S/C24H29N5O/c1-17-18(2)27-24(20-11-6-7-13-25-20)28-23(17)26-16-21(29-14-8-9-15-29)19-10-4-5-12-22(19)30-3/h4-7,10-13,21H,8-9,14-16H2,1-3H3,(H,26,27,28). The van der Waals surface area contributed by atoms with Gasteiger partial charge in [0, 0.05) is 29.6 Å². The third-order valence-corrected chi connectivity index (χ3v) is 5.83. The molecular weight excluding hydrogens is 374 g/mol. The number of nitrogens with zero attached hydrogens (tertiary/aromatic N) is 4. The average molecular weight is 404 g/mol. The van der Waals surface area contributed by atoms with Gasteiger partial charge in [0.25, 0.3) is 0 Å². The van der Waals surface area contributed by atoms with Crippen LogP contribution < -0.4 is 10.1 Å². The van der Waals surface area contributed by atoms with Gasteiger partial charge in [-0.2, -0.15) is 0 Å². The van der Waals surface area contributed by atoms with E-state index in [1.165, 1.54) is 18.4 Å². The van der Waals surface area contributed by atoms with E-state index in [9.17, 15) is 0 Å². The molecule has 0 aliphatic carbocycles. The first-order valence-corrected chi connectivity index (χ1v) is 10.5. The van der Waals surface area contributed by atoms with Crippen LogP contribution in [0.15, 0.2) is 48.7 Å². The van der Waals surface area contributed by atoms with Crippen LogP contribution in [0.2, 0.25) is 0 Å². The number of hydrogen-bond acceptors (Lipinski definition) is 6. The SMILES string of the molecule is COc1ccccc1C(CNc1nc(-c2ccccn2)nc(C)c1C)N1CCCC1. The quantitative estimate of drug-likeness (QED) is 0.630. The van der Waals surface area contributed by atoms with Crippen LogP contribution in [0.3, 0.4) is 0 Å². The number of ether oxygens (including phenoxy) is 1. The van der Waals surface area contributed by atoms with E-state index >= 15 is 0 Å². The third kappa shape index (κ3) is 4.28. The molecule has 1 fully saturated rings. The van der Waals surface area contributed by atoms with Gasteiger partial charge in [-0.25, -0.2) is 9.97 Å². The predicted molar refractivity (Wildman–Crippen MR) is 120 cm³/mol. The normalized spacial score (nSPS) is 15.2. The molecule has 0 amide bonds. The maximum absolute atomic E-state index is 5.67. The number of rotatable bonds is 7. The number of nitrogens with one attached hydrogen (secondary N) is 1. The van der Waals surface area contributed by atoms with Crippen LogP contribution in [0.5, 0.6) is 5.75 Å². The Morgan fingerprint density at radius 1 is 1.03 bits per heavy atom. The van der Waals surface area contributed by atoms with E-state index < -0.39 is 0 Å². The van der Waals surface area contributed by atoms with Gasteiger partial charge in [0.1, 0.15) is 17.3 Å². The Hall–Kier alpha value is -2.99. The van der Waals surface area contributed by atoms with Crippen LogP contribution >= 0.6 is 0 Å². The highest BCUT2D eigenvalue weighted by atomic mass is 16.5. The summed E-state index contributed by atoms with van der Waals surface area (Å²) in [6.07, 6.45) is 4.24. The molecule has 1 aliphatic rings. The van der Waals surface area contributed by atoms with Crippen LogP contribution in [-0.2, 0) is 0 Å². The van der Waals surface area contributed by atoms with E-state index in [0.717, 1.165) is 48.2 Å². The molecule has 2 aromatic heterocycles. The van der Waals surface area contributed by atoms with Crippen molar-refractivity contribution in [3.63, 3.8) is 0 Å². The molecule has 30 heavy (non-hydrogen) atoms. The van der Waals surface area contributed by atoms with Gasteiger partial charge in [-0.15, -0.1) is 0 Å². The van der Waals surface area contributed by atoms with Crippen LogP contribution in [0.1, 0.15) is 35.7 Å². The van der Waals surface area contributed by atoms with Gasteiger partial charge in [-0.1, -0.05) is 24.3 Å². The maximum Gasteiger partial charge on any atom is 0.180 e. The summed E-state index contributed by atoms with van der Waals surface area (Å²) in [4.78, 5) is 16.4. The second-order valence-corrected chi connectivity index (χ2v) is 7.70. The van der Waals surface area contributed by atoms with Crippen molar-refractivity contribution in [2.45, 2.75) is 32.7 Å². The minimum absolute atomic E-state index is 0.219. The molecule has 3 aromatic rings. The Bertz CT molecular complexity index is 986. The molecule has 4 rings (SSSR count). The lowest BCUT2D eigenvalue weighted by Crippen LogP contribution is -2.31. The van der Waals surface area contributed by atoms with Crippen molar-refractivity contribution >= 4 is 5.82 Å². The molecule has 1 unspecified atom stereocenters. The third-order valence-electron chi connectivity index (χ3n) is 5.83. The minimum Gasteiger partial charge on any atom is -0.496 e. The van der Waals surface area contributed by atoms with Gasteiger partial charge >= 0.3 is 0 Å². The van der Waals surface area contributed by atoms with Crippen LogP contribution in [0.25, 0.3) is 11.5 Å². The molecule has 1 N–H and O–H groups in total. The van der Waals surface area contributed by atoms with Crippen LogP contribution in [0, 0.1) is 13.8 Å². The summed E-state index contributed by atoms with van der Waals surface area (Å²) in [5.41, 5.74) is 4.02. The number of anilines is 1. The van der Waals surface area contributed by atoms with Crippen molar-refractivity contribution in [2.75, 3.05) is 32.1 Å². The highest BCUT2D eigenvalue weighted by molar-refractivity contribution is 5.56. The lowest BCUT2D eigenvalue weighted by molar-refractivity contribution is 0.249. The summed E-state index contributed by atoms with van der Waals surface area (Å²) in [5.74, 6) is 2.44. The number of aromatic nitrogens is 3. The summed E-state index contributed by atoms with van der Waals surface area (Å²) in [5, 5.41) is 3.61. The minimum atomic E-state index is 0.219. The molecule has 1 aromatic carbocycles. The summed E-state index contributed by atoms with van der Waals surface area (Å²) in [6, 6.07) is 14.3. The molecule has 0 saturated carbocycles. The molecule has 1 atom stereocenters.